The van der Waals surface area contributed by atoms with Crippen molar-refractivity contribution in [1.82, 2.24) is 10.2 Å². The van der Waals surface area contributed by atoms with E-state index in [1.807, 2.05) is 30.3 Å². The number of carbonyl (C=O) groups excluding carboxylic acids is 2. The number of halogens is 3. The first-order valence-corrected chi connectivity index (χ1v) is 16.6. The number of hydrogen-bond donors (Lipinski definition) is 1. The number of hydrogen-bond acceptors (Lipinski definition) is 5. The van der Waals surface area contributed by atoms with Crippen molar-refractivity contribution in [2.24, 2.45) is 0 Å². The van der Waals surface area contributed by atoms with Crippen LogP contribution in [-0.2, 0) is 38.8 Å². The van der Waals surface area contributed by atoms with Gasteiger partial charge in [0.2, 0.25) is 21.8 Å². The van der Waals surface area contributed by atoms with Crippen LogP contribution in [0.1, 0.15) is 48.8 Å². The van der Waals surface area contributed by atoms with Crippen molar-refractivity contribution in [3.63, 3.8) is 0 Å². The van der Waals surface area contributed by atoms with Gasteiger partial charge >= 0.3 is 6.18 Å². The van der Waals surface area contributed by atoms with Crippen LogP contribution in [0.4, 0.5) is 18.9 Å². The molecule has 1 unspecified atom stereocenters. The minimum atomic E-state index is -4.72. The summed E-state index contributed by atoms with van der Waals surface area (Å²) < 4.78 is 72.4. The van der Waals surface area contributed by atoms with Gasteiger partial charge in [0.25, 0.3) is 0 Å². The molecule has 3 aromatic rings. The average Bonchev–Trinajstić information content (AvgIpc) is 3.01. The Balaban J connectivity index is 1.75. The summed E-state index contributed by atoms with van der Waals surface area (Å²) in [4.78, 5) is 29.5. The van der Waals surface area contributed by atoms with Crippen LogP contribution in [0.25, 0.3) is 0 Å². The summed E-state index contributed by atoms with van der Waals surface area (Å²) in [7, 11) is -2.72. The monoisotopic (exact) mass is 645 g/mol. The van der Waals surface area contributed by atoms with Crippen LogP contribution in [0.15, 0.2) is 78.9 Å². The van der Waals surface area contributed by atoms with Crippen molar-refractivity contribution in [2.45, 2.75) is 63.3 Å². The van der Waals surface area contributed by atoms with E-state index < -0.39 is 40.3 Å². The van der Waals surface area contributed by atoms with E-state index >= 15 is 0 Å². The molecule has 0 saturated heterocycles. The number of nitrogens with zero attached hydrogens (tertiary/aromatic N) is 2. The maximum absolute atomic E-state index is 14.2. The fourth-order valence-corrected chi connectivity index (χ4v) is 6.36. The highest BCUT2D eigenvalue weighted by atomic mass is 32.2. The van der Waals surface area contributed by atoms with Gasteiger partial charge in [0.05, 0.1) is 24.6 Å². The van der Waals surface area contributed by atoms with E-state index in [4.69, 9.17) is 4.74 Å². The minimum Gasteiger partial charge on any atom is -0.497 e. The maximum atomic E-state index is 14.2. The summed E-state index contributed by atoms with van der Waals surface area (Å²) in [6, 6.07) is 18.8. The molecule has 3 aromatic carbocycles. The first-order chi connectivity index (χ1) is 21.3. The Labute approximate surface area is 262 Å². The third-order valence-electron chi connectivity index (χ3n) is 7.85. The van der Waals surface area contributed by atoms with E-state index in [9.17, 15) is 31.2 Å². The number of benzene rings is 3. The molecule has 0 spiro atoms. The van der Waals surface area contributed by atoms with Gasteiger partial charge in [-0.2, -0.15) is 13.2 Å². The second kappa shape index (κ2) is 14.8. The number of sulfonamides is 1. The molecule has 0 radical (unpaired) electrons. The normalized spacial score (nSPS) is 14.8. The van der Waals surface area contributed by atoms with Crippen LogP contribution >= 0.6 is 0 Å². The highest BCUT2D eigenvalue weighted by molar-refractivity contribution is 7.92. The lowest BCUT2D eigenvalue weighted by Gasteiger charge is -2.35. The van der Waals surface area contributed by atoms with Crippen LogP contribution in [0, 0.1) is 0 Å². The fraction of sp³-hybridized carbons (Fsp3) is 0.394. The Kier molecular flexibility index (Phi) is 11.1. The zero-order chi connectivity index (χ0) is 32.6. The van der Waals surface area contributed by atoms with Gasteiger partial charge < -0.3 is 15.0 Å². The molecule has 1 N–H and O–H groups in total. The van der Waals surface area contributed by atoms with Crippen LogP contribution in [-0.4, -0.2) is 57.1 Å². The van der Waals surface area contributed by atoms with Gasteiger partial charge in [-0.3, -0.25) is 13.9 Å². The number of anilines is 1. The molecule has 2 amide bonds. The maximum Gasteiger partial charge on any atom is 0.416 e. The molecule has 1 saturated carbocycles. The van der Waals surface area contributed by atoms with Crippen molar-refractivity contribution in [2.75, 3.05) is 24.2 Å². The summed E-state index contributed by atoms with van der Waals surface area (Å²) >= 11 is 0. The fourth-order valence-electron chi connectivity index (χ4n) is 5.52. The van der Waals surface area contributed by atoms with Gasteiger partial charge in [0.1, 0.15) is 18.3 Å². The Hall–Kier alpha value is -4.06. The van der Waals surface area contributed by atoms with E-state index in [2.05, 4.69) is 5.32 Å². The molecule has 0 heterocycles. The number of nitrogens with one attached hydrogen (secondary N) is 1. The molecule has 0 bridgehead atoms. The predicted molar refractivity (Wildman–Crippen MR) is 166 cm³/mol. The van der Waals surface area contributed by atoms with Crippen LogP contribution in [0.2, 0.25) is 0 Å². The van der Waals surface area contributed by atoms with Crippen LogP contribution in [0.5, 0.6) is 5.75 Å². The summed E-state index contributed by atoms with van der Waals surface area (Å²) in [6.45, 7) is -0.891. The van der Waals surface area contributed by atoms with E-state index in [0.29, 0.717) is 21.7 Å². The highest BCUT2D eigenvalue weighted by Gasteiger charge is 2.35. The molecule has 0 aromatic heterocycles. The molecule has 242 valence electrons. The molecule has 8 nitrogen and oxygen atoms in total. The second-order valence-electron chi connectivity index (χ2n) is 11.2. The van der Waals surface area contributed by atoms with Gasteiger partial charge in [-0.15, -0.1) is 0 Å². The highest BCUT2D eigenvalue weighted by Crippen LogP contribution is 2.32. The Morgan fingerprint density at radius 2 is 1.60 bits per heavy atom. The number of methoxy groups -OCH3 is 1. The van der Waals surface area contributed by atoms with Crippen molar-refractivity contribution in [1.29, 1.82) is 0 Å². The number of ether oxygens (including phenoxy) is 1. The van der Waals surface area contributed by atoms with E-state index in [0.717, 1.165) is 56.1 Å². The minimum absolute atomic E-state index is 0.0593. The van der Waals surface area contributed by atoms with Crippen LogP contribution < -0.4 is 14.4 Å². The van der Waals surface area contributed by atoms with Gasteiger partial charge in [0.15, 0.2) is 0 Å². The number of carbonyl (C=O) groups is 2. The topological polar surface area (TPSA) is 96.0 Å². The first-order valence-electron chi connectivity index (χ1n) is 14.8. The summed E-state index contributed by atoms with van der Waals surface area (Å²) in [5, 5.41) is 3.11. The smallest absolute Gasteiger partial charge is 0.416 e. The first kappa shape index (κ1) is 33.8. The third kappa shape index (κ3) is 9.46. The molecule has 45 heavy (non-hydrogen) atoms. The van der Waals surface area contributed by atoms with Crippen LogP contribution in [0.3, 0.4) is 0 Å². The zero-order valence-corrected chi connectivity index (χ0v) is 26.1. The predicted octanol–water partition coefficient (Wildman–Crippen LogP) is 5.57. The molecule has 4 rings (SSSR count). The van der Waals surface area contributed by atoms with Gasteiger partial charge in [0, 0.05) is 19.0 Å². The van der Waals surface area contributed by atoms with E-state index in [-0.39, 0.29) is 30.6 Å². The molecular weight excluding hydrogens is 607 g/mol. The summed E-state index contributed by atoms with van der Waals surface area (Å²) in [5.41, 5.74) is 0.0372. The molecule has 0 aliphatic heterocycles. The van der Waals surface area contributed by atoms with Gasteiger partial charge in [-0.1, -0.05) is 67.8 Å². The van der Waals surface area contributed by atoms with Crippen molar-refractivity contribution in [3.8, 4) is 5.75 Å². The Morgan fingerprint density at radius 3 is 2.24 bits per heavy atom. The molecule has 1 aliphatic carbocycles. The standard InChI is InChI=1S/C33H38F3N3O5S/c1-44-29-18-9-13-25(19-29)22-38(30(20-24-11-5-3-6-12-24)32(41)37-27-15-7-4-8-16-27)31(40)23-39(45(2,42)43)28-17-10-14-26(21-28)33(34,35)36/h3,5-6,9-14,17-19,21,27,30H,4,7-8,15-16,20,22-23H2,1-2H3,(H,37,41). The number of rotatable bonds is 12. The molecule has 1 atom stereocenters. The average molecular weight is 646 g/mol. The van der Waals surface area contributed by atoms with Crippen molar-refractivity contribution >= 4 is 27.5 Å². The third-order valence-corrected chi connectivity index (χ3v) is 8.99. The van der Waals surface area contributed by atoms with Crippen molar-refractivity contribution in [3.05, 3.63) is 95.6 Å². The zero-order valence-electron chi connectivity index (χ0n) is 25.3. The summed E-state index contributed by atoms with van der Waals surface area (Å²) in [5.74, 6) is -0.611. The lowest BCUT2D eigenvalue weighted by molar-refractivity contribution is -0.140. The second-order valence-corrected chi connectivity index (χ2v) is 13.1. The van der Waals surface area contributed by atoms with E-state index in [1.165, 1.54) is 18.1 Å². The molecule has 12 heteroatoms. The lowest BCUT2D eigenvalue weighted by atomic mass is 9.94. The quantitative estimate of drug-likeness (QED) is 0.278. The van der Waals surface area contributed by atoms with Gasteiger partial charge in [-0.25, -0.2) is 8.42 Å². The number of amides is 2. The van der Waals surface area contributed by atoms with Crippen molar-refractivity contribution < 1.29 is 35.9 Å². The lowest BCUT2D eigenvalue weighted by Crippen LogP contribution is -2.55. The summed E-state index contributed by atoms with van der Waals surface area (Å²) in [6.07, 6.45) is 0.886. The largest absolute Gasteiger partial charge is 0.497 e. The Bertz CT molecular complexity index is 1560. The van der Waals surface area contributed by atoms with E-state index in [1.54, 1.807) is 24.3 Å². The SMILES string of the molecule is COc1cccc(CN(C(=O)CN(c2cccc(C(F)(F)F)c2)S(C)(=O)=O)C(Cc2ccccc2)C(=O)NC2CCCCC2)c1. The Morgan fingerprint density at radius 1 is 0.933 bits per heavy atom. The molecule has 1 aliphatic rings. The molecular formula is C33H38F3N3O5S. The van der Waals surface area contributed by atoms with Gasteiger partial charge in [-0.05, 0) is 54.3 Å². The number of alkyl halides is 3. The molecule has 1 fully saturated rings.